The molecule has 3 nitrogen and oxygen atoms in total. The fourth-order valence-corrected chi connectivity index (χ4v) is 2.78. The molecule has 0 unspecified atom stereocenters. The average Bonchev–Trinajstić information content (AvgIpc) is 2.66. The molecule has 1 amide bonds. The van der Waals surface area contributed by atoms with Gasteiger partial charge in [-0.05, 0) is 29.1 Å². The number of benzene rings is 2. The van der Waals surface area contributed by atoms with Crippen molar-refractivity contribution in [3.63, 3.8) is 0 Å². The van der Waals surface area contributed by atoms with Gasteiger partial charge in [0.15, 0.2) is 0 Å². The molecule has 2 aromatic carbocycles. The maximum absolute atomic E-state index is 11.5. The minimum atomic E-state index is 0.109. The minimum absolute atomic E-state index is 0.109. The van der Waals surface area contributed by atoms with E-state index in [9.17, 15) is 4.79 Å². The molecule has 0 saturated carbocycles. The first kappa shape index (κ1) is 17.7. The van der Waals surface area contributed by atoms with Crippen molar-refractivity contribution in [1.82, 2.24) is 9.88 Å². The summed E-state index contributed by atoms with van der Waals surface area (Å²) < 4.78 is 0. The first-order valence-corrected chi connectivity index (χ1v) is 8.74. The molecule has 0 aliphatic rings. The van der Waals surface area contributed by atoms with Crippen LogP contribution in [0, 0.1) is 11.8 Å². The zero-order valence-corrected chi connectivity index (χ0v) is 15.2. The number of amides is 1. The molecule has 0 N–H and O–H groups in total. The number of carbonyl (C=O) groups is 1. The molecule has 26 heavy (non-hydrogen) atoms. The highest BCUT2D eigenvalue weighted by molar-refractivity contribution is 5.84. The van der Waals surface area contributed by atoms with Crippen LogP contribution in [-0.2, 0) is 11.2 Å². The Labute approximate surface area is 154 Å². The highest BCUT2D eigenvalue weighted by Gasteiger charge is 2.03. The van der Waals surface area contributed by atoms with Crippen molar-refractivity contribution in [2.45, 2.75) is 19.3 Å². The second-order valence-electron chi connectivity index (χ2n) is 6.44. The summed E-state index contributed by atoms with van der Waals surface area (Å²) >= 11 is 0. The summed E-state index contributed by atoms with van der Waals surface area (Å²) in [6.45, 7) is 0. The summed E-state index contributed by atoms with van der Waals surface area (Å²) in [5, 5.41) is 2.41. The lowest BCUT2D eigenvalue weighted by atomic mass is 10.0. The van der Waals surface area contributed by atoms with E-state index in [2.05, 4.69) is 41.1 Å². The van der Waals surface area contributed by atoms with Gasteiger partial charge >= 0.3 is 0 Å². The van der Waals surface area contributed by atoms with Crippen molar-refractivity contribution < 1.29 is 4.79 Å². The van der Waals surface area contributed by atoms with Gasteiger partial charge in [-0.2, -0.15) is 0 Å². The summed E-state index contributed by atoms with van der Waals surface area (Å²) in [6.07, 6.45) is 3.71. The zero-order valence-electron chi connectivity index (χ0n) is 15.2. The third-order valence-corrected chi connectivity index (χ3v) is 4.28. The number of carbonyl (C=O) groups excluding carboxylic acids is 1. The highest BCUT2D eigenvalue weighted by atomic mass is 16.2. The van der Waals surface area contributed by atoms with Gasteiger partial charge in [0.2, 0.25) is 5.91 Å². The van der Waals surface area contributed by atoms with E-state index in [1.165, 1.54) is 16.3 Å². The van der Waals surface area contributed by atoms with Crippen LogP contribution in [0.1, 0.15) is 29.7 Å². The maximum Gasteiger partial charge on any atom is 0.223 e. The quantitative estimate of drug-likeness (QED) is 0.670. The van der Waals surface area contributed by atoms with Gasteiger partial charge in [0.1, 0.15) is 0 Å². The van der Waals surface area contributed by atoms with Crippen molar-refractivity contribution in [2.24, 2.45) is 0 Å². The number of nitrogens with zero attached hydrogens (tertiary/aromatic N) is 2. The monoisotopic (exact) mass is 342 g/mol. The average molecular weight is 342 g/mol. The van der Waals surface area contributed by atoms with E-state index in [0.717, 1.165) is 17.7 Å². The van der Waals surface area contributed by atoms with Gasteiger partial charge in [0, 0.05) is 50.5 Å². The van der Waals surface area contributed by atoms with Crippen LogP contribution < -0.4 is 0 Å². The van der Waals surface area contributed by atoms with Crippen LogP contribution in [0.5, 0.6) is 0 Å². The first-order chi connectivity index (χ1) is 12.6. The molecular formula is C23H22N2O. The smallest absolute Gasteiger partial charge is 0.223 e. The van der Waals surface area contributed by atoms with E-state index in [1.54, 1.807) is 19.0 Å². The molecule has 3 heteroatoms. The van der Waals surface area contributed by atoms with Crippen LogP contribution in [0.25, 0.3) is 10.8 Å². The Kier molecular flexibility index (Phi) is 5.66. The predicted octanol–water partition coefficient (Wildman–Crippen LogP) is 4.05. The molecule has 0 fully saturated rings. The fourth-order valence-electron chi connectivity index (χ4n) is 2.78. The van der Waals surface area contributed by atoms with Crippen LogP contribution >= 0.6 is 0 Å². The second-order valence-corrected chi connectivity index (χ2v) is 6.44. The second kappa shape index (κ2) is 8.31. The van der Waals surface area contributed by atoms with Crippen molar-refractivity contribution in [2.75, 3.05) is 14.1 Å². The molecule has 0 aliphatic heterocycles. The Hall–Kier alpha value is -3.12. The SMILES string of the molecule is CN(C)C(=O)CCC#Cc1ccc(Cc2nccc3ccccc23)cc1. The Bertz CT molecular complexity index is 957. The lowest BCUT2D eigenvalue weighted by molar-refractivity contribution is -0.128. The van der Waals surface area contributed by atoms with Gasteiger partial charge in [0.25, 0.3) is 0 Å². The molecule has 0 radical (unpaired) electrons. The molecule has 0 aliphatic carbocycles. The third kappa shape index (κ3) is 4.49. The van der Waals surface area contributed by atoms with E-state index in [0.29, 0.717) is 12.8 Å². The van der Waals surface area contributed by atoms with Crippen molar-refractivity contribution in [3.8, 4) is 11.8 Å². The van der Waals surface area contributed by atoms with Crippen LogP contribution in [0.4, 0.5) is 0 Å². The number of fused-ring (bicyclic) bond motifs is 1. The summed E-state index contributed by atoms with van der Waals surface area (Å²) in [4.78, 5) is 17.7. The van der Waals surface area contributed by atoms with Gasteiger partial charge in [-0.1, -0.05) is 48.2 Å². The highest BCUT2D eigenvalue weighted by Crippen LogP contribution is 2.19. The van der Waals surface area contributed by atoms with E-state index in [-0.39, 0.29) is 5.91 Å². The van der Waals surface area contributed by atoms with Crippen LogP contribution in [-0.4, -0.2) is 29.9 Å². The standard InChI is InChI=1S/C23H22N2O/c1-25(2)23(26)10-6-3-7-18-11-13-19(14-12-18)17-22-21-9-5-4-8-20(21)15-16-24-22/h4-5,8-9,11-16H,6,10,17H2,1-2H3. The maximum atomic E-state index is 11.5. The van der Waals surface area contributed by atoms with Crippen LogP contribution in [0.3, 0.4) is 0 Å². The molecular weight excluding hydrogens is 320 g/mol. The molecule has 0 saturated heterocycles. The van der Waals surface area contributed by atoms with E-state index in [1.807, 2.05) is 36.5 Å². The van der Waals surface area contributed by atoms with Crippen molar-refractivity contribution in [1.29, 1.82) is 0 Å². The third-order valence-electron chi connectivity index (χ3n) is 4.28. The molecule has 1 heterocycles. The molecule has 0 bridgehead atoms. The summed E-state index contributed by atoms with van der Waals surface area (Å²) in [6, 6.07) is 18.6. The molecule has 130 valence electrons. The van der Waals surface area contributed by atoms with Gasteiger partial charge in [-0.25, -0.2) is 0 Å². The minimum Gasteiger partial charge on any atom is -0.349 e. The van der Waals surface area contributed by atoms with E-state index >= 15 is 0 Å². The van der Waals surface area contributed by atoms with Gasteiger partial charge in [0.05, 0.1) is 5.69 Å². The lowest BCUT2D eigenvalue weighted by Gasteiger charge is -2.07. The summed E-state index contributed by atoms with van der Waals surface area (Å²) in [5.74, 6) is 6.30. The Morgan fingerprint density at radius 1 is 1.04 bits per heavy atom. The van der Waals surface area contributed by atoms with Crippen molar-refractivity contribution >= 4 is 16.7 Å². The van der Waals surface area contributed by atoms with E-state index in [4.69, 9.17) is 0 Å². The first-order valence-electron chi connectivity index (χ1n) is 8.74. The molecule has 0 atom stereocenters. The largest absolute Gasteiger partial charge is 0.349 e. The molecule has 3 rings (SSSR count). The Morgan fingerprint density at radius 2 is 1.81 bits per heavy atom. The van der Waals surface area contributed by atoms with Crippen LogP contribution in [0.2, 0.25) is 0 Å². The molecule has 0 spiro atoms. The zero-order chi connectivity index (χ0) is 18.4. The van der Waals surface area contributed by atoms with Gasteiger partial charge in [-0.15, -0.1) is 0 Å². The number of rotatable bonds is 4. The topological polar surface area (TPSA) is 33.2 Å². The van der Waals surface area contributed by atoms with Gasteiger partial charge in [-0.3, -0.25) is 9.78 Å². The van der Waals surface area contributed by atoms with E-state index < -0.39 is 0 Å². The van der Waals surface area contributed by atoms with Crippen LogP contribution in [0.15, 0.2) is 60.8 Å². The number of hydrogen-bond donors (Lipinski definition) is 0. The normalized spacial score (nSPS) is 10.2. The number of hydrogen-bond acceptors (Lipinski definition) is 2. The predicted molar refractivity (Wildman–Crippen MR) is 106 cm³/mol. The molecule has 3 aromatic rings. The number of pyridine rings is 1. The summed E-state index contributed by atoms with van der Waals surface area (Å²) in [7, 11) is 3.53. The summed E-state index contributed by atoms with van der Waals surface area (Å²) in [5.41, 5.74) is 3.27. The Balaban J connectivity index is 1.66. The van der Waals surface area contributed by atoms with Crippen molar-refractivity contribution in [3.05, 3.63) is 77.6 Å². The van der Waals surface area contributed by atoms with Gasteiger partial charge < -0.3 is 4.90 Å². The number of aromatic nitrogens is 1. The fraction of sp³-hybridized carbons (Fsp3) is 0.217. The lowest BCUT2D eigenvalue weighted by Crippen LogP contribution is -2.20. The molecule has 1 aromatic heterocycles. The Morgan fingerprint density at radius 3 is 2.58 bits per heavy atom.